The highest BCUT2D eigenvalue weighted by Gasteiger charge is 2.22. The third-order valence-electron chi connectivity index (χ3n) is 4.46. The Labute approximate surface area is 149 Å². The van der Waals surface area contributed by atoms with Crippen LogP contribution in [0.1, 0.15) is 11.1 Å². The molecule has 0 radical (unpaired) electrons. The Bertz CT molecular complexity index is 834. The summed E-state index contributed by atoms with van der Waals surface area (Å²) < 4.78 is 5.33. The van der Waals surface area contributed by atoms with Gasteiger partial charge in [-0.25, -0.2) is 0 Å². The molecular weight excluding hydrogens is 306 g/mol. The van der Waals surface area contributed by atoms with Gasteiger partial charge in [-0.3, -0.25) is 0 Å². The molecule has 124 valence electrons. The fourth-order valence-corrected chi connectivity index (χ4v) is 3.01. The molecule has 1 heterocycles. The van der Waals surface area contributed by atoms with Crippen molar-refractivity contribution in [2.45, 2.75) is 12.5 Å². The van der Waals surface area contributed by atoms with Gasteiger partial charge in [0.05, 0.1) is 12.7 Å². The van der Waals surface area contributed by atoms with E-state index in [1.54, 1.807) is 0 Å². The van der Waals surface area contributed by atoms with E-state index in [0.29, 0.717) is 6.10 Å². The van der Waals surface area contributed by atoms with Gasteiger partial charge in [0, 0.05) is 23.5 Å². The van der Waals surface area contributed by atoms with Gasteiger partial charge in [-0.1, -0.05) is 55.1 Å². The van der Waals surface area contributed by atoms with E-state index in [1.807, 2.05) is 12.1 Å². The van der Waals surface area contributed by atoms with Crippen LogP contribution in [0.3, 0.4) is 0 Å². The molecule has 4 rings (SSSR count). The lowest BCUT2D eigenvalue weighted by molar-refractivity contribution is 0.407. The summed E-state index contributed by atoms with van der Waals surface area (Å²) >= 11 is 0. The molecule has 0 amide bonds. The van der Waals surface area contributed by atoms with Gasteiger partial charge in [0.2, 0.25) is 0 Å². The molecule has 1 saturated heterocycles. The summed E-state index contributed by atoms with van der Waals surface area (Å²) in [6.45, 7) is 4.73. The summed E-state index contributed by atoms with van der Waals surface area (Å²) in [5, 5.41) is 0. The Hall–Kier alpha value is -2.84. The molecule has 2 heteroatoms. The van der Waals surface area contributed by atoms with Crippen LogP contribution >= 0.6 is 0 Å². The Kier molecular flexibility index (Phi) is 4.36. The van der Waals surface area contributed by atoms with Crippen molar-refractivity contribution in [3.05, 3.63) is 96.6 Å². The standard InChI is InChI=1S/C23H21NO/c1-2-18-8-12-21(13-9-18)24(20-6-4-3-5-7-20)22-14-10-19(11-15-22)16-23-17-25-23/h2-15,23H,1,16-17H2. The van der Waals surface area contributed by atoms with Crippen LogP contribution in [-0.4, -0.2) is 12.7 Å². The van der Waals surface area contributed by atoms with Crippen molar-refractivity contribution in [2.24, 2.45) is 0 Å². The molecule has 1 aliphatic heterocycles. The summed E-state index contributed by atoms with van der Waals surface area (Å²) in [6, 6.07) is 27.7. The van der Waals surface area contributed by atoms with E-state index < -0.39 is 0 Å². The average Bonchev–Trinajstić information content (AvgIpc) is 3.49. The van der Waals surface area contributed by atoms with Crippen molar-refractivity contribution in [2.75, 3.05) is 11.5 Å². The molecule has 0 saturated carbocycles. The van der Waals surface area contributed by atoms with Crippen LogP contribution in [0, 0.1) is 0 Å². The molecule has 1 unspecified atom stereocenters. The molecule has 3 aromatic rings. The first-order valence-electron chi connectivity index (χ1n) is 8.62. The molecule has 0 aromatic heterocycles. The number of ether oxygens (including phenoxy) is 1. The van der Waals surface area contributed by atoms with Crippen molar-refractivity contribution in [3.8, 4) is 0 Å². The molecule has 0 N–H and O–H groups in total. The van der Waals surface area contributed by atoms with Crippen LogP contribution in [-0.2, 0) is 11.2 Å². The predicted octanol–water partition coefficient (Wildman–Crippen LogP) is 5.74. The minimum atomic E-state index is 0.419. The zero-order valence-corrected chi connectivity index (χ0v) is 14.1. The van der Waals surface area contributed by atoms with E-state index in [1.165, 1.54) is 5.56 Å². The lowest BCUT2D eigenvalue weighted by Crippen LogP contribution is -2.09. The third kappa shape index (κ3) is 3.65. The van der Waals surface area contributed by atoms with E-state index in [4.69, 9.17) is 4.74 Å². The minimum absolute atomic E-state index is 0.419. The van der Waals surface area contributed by atoms with E-state index in [9.17, 15) is 0 Å². The molecule has 25 heavy (non-hydrogen) atoms. The summed E-state index contributed by atoms with van der Waals surface area (Å²) in [5.74, 6) is 0. The van der Waals surface area contributed by atoms with Gasteiger partial charge in [0.15, 0.2) is 0 Å². The topological polar surface area (TPSA) is 15.8 Å². The normalized spacial score (nSPS) is 15.6. The van der Waals surface area contributed by atoms with E-state index in [-0.39, 0.29) is 0 Å². The molecule has 0 spiro atoms. The Morgan fingerprint density at radius 2 is 1.40 bits per heavy atom. The predicted molar refractivity (Wildman–Crippen MR) is 105 cm³/mol. The zero-order chi connectivity index (χ0) is 17.1. The number of nitrogens with zero attached hydrogens (tertiary/aromatic N) is 1. The monoisotopic (exact) mass is 327 g/mol. The number of rotatable bonds is 6. The molecule has 1 atom stereocenters. The van der Waals surface area contributed by atoms with Gasteiger partial charge in [-0.2, -0.15) is 0 Å². The van der Waals surface area contributed by atoms with E-state index in [2.05, 4.69) is 84.3 Å². The fraction of sp³-hybridized carbons (Fsp3) is 0.130. The first kappa shape index (κ1) is 15.7. The molecular formula is C23H21NO. The second kappa shape index (κ2) is 6.96. The fourth-order valence-electron chi connectivity index (χ4n) is 3.01. The molecule has 1 fully saturated rings. The number of epoxide rings is 1. The van der Waals surface area contributed by atoms with Gasteiger partial charge in [-0.05, 0) is 47.5 Å². The van der Waals surface area contributed by atoms with Crippen LogP contribution in [0.15, 0.2) is 85.4 Å². The minimum Gasteiger partial charge on any atom is -0.373 e. The number of hydrogen-bond donors (Lipinski definition) is 0. The van der Waals surface area contributed by atoms with Crippen molar-refractivity contribution < 1.29 is 4.74 Å². The van der Waals surface area contributed by atoms with Crippen molar-refractivity contribution in [1.29, 1.82) is 0 Å². The first-order chi connectivity index (χ1) is 12.3. The highest BCUT2D eigenvalue weighted by Crippen LogP contribution is 2.34. The van der Waals surface area contributed by atoms with Gasteiger partial charge < -0.3 is 9.64 Å². The largest absolute Gasteiger partial charge is 0.373 e. The van der Waals surface area contributed by atoms with Gasteiger partial charge >= 0.3 is 0 Å². The van der Waals surface area contributed by atoms with Crippen molar-refractivity contribution >= 4 is 23.1 Å². The lowest BCUT2D eigenvalue weighted by Gasteiger charge is -2.25. The molecule has 0 aliphatic carbocycles. The second-order valence-electron chi connectivity index (χ2n) is 6.29. The van der Waals surface area contributed by atoms with Gasteiger partial charge in [0.25, 0.3) is 0 Å². The SMILES string of the molecule is C=Cc1ccc(N(c2ccccc2)c2ccc(CC3CO3)cc2)cc1. The Morgan fingerprint density at radius 3 is 1.96 bits per heavy atom. The summed E-state index contributed by atoms with van der Waals surface area (Å²) in [6.07, 6.45) is 3.29. The molecule has 1 aliphatic rings. The highest BCUT2D eigenvalue weighted by atomic mass is 16.6. The summed E-state index contributed by atoms with van der Waals surface area (Å²) in [4.78, 5) is 2.27. The van der Waals surface area contributed by atoms with E-state index in [0.717, 1.165) is 35.7 Å². The van der Waals surface area contributed by atoms with Crippen LogP contribution in [0.25, 0.3) is 6.08 Å². The Morgan fingerprint density at radius 1 is 0.840 bits per heavy atom. The van der Waals surface area contributed by atoms with Crippen LogP contribution in [0.5, 0.6) is 0 Å². The van der Waals surface area contributed by atoms with Crippen LogP contribution in [0.2, 0.25) is 0 Å². The van der Waals surface area contributed by atoms with E-state index >= 15 is 0 Å². The molecule has 2 nitrogen and oxygen atoms in total. The summed E-state index contributed by atoms with van der Waals surface area (Å²) in [7, 11) is 0. The third-order valence-corrected chi connectivity index (χ3v) is 4.46. The van der Waals surface area contributed by atoms with Crippen LogP contribution in [0.4, 0.5) is 17.1 Å². The smallest absolute Gasteiger partial charge is 0.0850 e. The summed E-state index contributed by atoms with van der Waals surface area (Å²) in [5.41, 5.74) is 5.87. The second-order valence-corrected chi connectivity index (χ2v) is 6.29. The first-order valence-corrected chi connectivity index (χ1v) is 8.62. The van der Waals surface area contributed by atoms with Gasteiger partial charge in [-0.15, -0.1) is 0 Å². The average molecular weight is 327 g/mol. The maximum Gasteiger partial charge on any atom is 0.0850 e. The number of benzene rings is 3. The van der Waals surface area contributed by atoms with Crippen molar-refractivity contribution in [3.63, 3.8) is 0 Å². The quantitative estimate of drug-likeness (QED) is 0.536. The molecule has 0 bridgehead atoms. The maximum absolute atomic E-state index is 5.33. The van der Waals surface area contributed by atoms with Crippen molar-refractivity contribution in [1.82, 2.24) is 0 Å². The number of para-hydroxylation sites is 1. The molecule has 3 aromatic carbocycles. The van der Waals surface area contributed by atoms with Gasteiger partial charge in [0.1, 0.15) is 0 Å². The lowest BCUT2D eigenvalue weighted by atomic mass is 10.1. The van der Waals surface area contributed by atoms with Crippen LogP contribution < -0.4 is 4.90 Å². The zero-order valence-electron chi connectivity index (χ0n) is 14.1. The number of anilines is 3. The maximum atomic E-state index is 5.33. The number of hydrogen-bond acceptors (Lipinski definition) is 2. The highest BCUT2D eigenvalue weighted by molar-refractivity contribution is 5.77. The Balaban J connectivity index is 1.70.